The first kappa shape index (κ1) is 15.7. The maximum absolute atomic E-state index is 5.28. The van der Waals surface area contributed by atoms with Crippen molar-refractivity contribution in [2.45, 2.75) is 31.8 Å². The minimum atomic E-state index is 0.153. The van der Waals surface area contributed by atoms with E-state index >= 15 is 0 Å². The molecule has 5 nitrogen and oxygen atoms in total. The molecule has 2 aromatic carbocycles. The van der Waals surface area contributed by atoms with Gasteiger partial charge in [-0.1, -0.05) is 43.3 Å². The topological polar surface area (TPSA) is 52.0 Å². The molecule has 128 valence electrons. The Hall–Kier alpha value is -2.82. The van der Waals surface area contributed by atoms with E-state index < -0.39 is 0 Å². The highest BCUT2D eigenvalue weighted by molar-refractivity contribution is 5.39. The van der Waals surface area contributed by atoms with E-state index in [1.807, 2.05) is 16.8 Å². The van der Waals surface area contributed by atoms with Crippen LogP contribution in [0.15, 0.2) is 54.9 Å². The number of ether oxygens (including phenoxy) is 1. The van der Waals surface area contributed by atoms with Gasteiger partial charge in [0.1, 0.15) is 12.1 Å². The summed E-state index contributed by atoms with van der Waals surface area (Å²) in [5.41, 5.74) is 3.85. The molecular formula is C20H22N4O. The summed E-state index contributed by atoms with van der Waals surface area (Å²) in [7, 11) is 1.69. The molecule has 0 unspecified atom stereocenters. The molecule has 0 fully saturated rings. The fraction of sp³-hybridized carbons (Fsp3) is 0.300. The van der Waals surface area contributed by atoms with E-state index in [9.17, 15) is 0 Å². The van der Waals surface area contributed by atoms with Crippen molar-refractivity contribution in [2.24, 2.45) is 0 Å². The second-order valence-corrected chi connectivity index (χ2v) is 6.34. The van der Waals surface area contributed by atoms with E-state index in [4.69, 9.17) is 4.74 Å². The Morgan fingerprint density at radius 2 is 1.80 bits per heavy atom. The lowest BCUT2D eigenvalue weighted by Crippen LogP contribution is -2.28. The molecule has 0 saturated carbocycles. The van der Waals surface area contributed by atoms with E-state index in [1.165, 1.54) is 16.7 Å². The monoisotopic (exact) mass is 334 g/mol. The zero-order chi connectivity index (χ0) is 17.2. The lowest BCUT2D eigenvalue weighted by atomic mass is 9.93. The number of anilines is 1. The Morgan fingerprint density at radius 1 is 1.08 bits per heavy atom. The lowest BCUT2D eigenvalue weighted by Gasteiger charge is -2.32. The third-order valence-corrected chi connectivity index (χ3v) is 4.92. The second-order valence-electron chi connectivity index (χ2n) is 6.34. The molecule has 0 bridgehead atoms. The number of rotatable bonds is 4. The normalized spacial score (nSPS) is 19.1. The Morgan fingerprint density at radius 3 is 2.48 bits per heavy atom. The van der Waals surface area contributed by atoms with Crippen molar-refractivity contribution < 1.29 is 4.74 Å². The molecule has 0 radical (unpaired) electrons. The van der Waals surface area contributed by atoms with Crippen LogP contribution in [0.1, 0.15) is 42.1 Å². The molecular weight excluding hydrogens is 312 g/mol. The summed E-state index contributed by atoms with van der Waals surface area (Å²) in [5.74, 6) is 1.68. The largest absolute Gasteiger partial charge is 0.497 e. The van der Waals surface area contributed by atoms with Gasteiger partial charge >= 0.3 is 0 Å². The van der Waals surface area contributed by atoms with Gasteiger partial charge in [0.15, 0.2) is 0 Å². The summed E-state index contributed by atoms with van der Waals surface area (Å²) < 4.78 is 7.25. The first-order valence-corrected chi connectivity index (χ1v) is 8.67. The van der Waals surface area contributed by atoms with E-state index in [1.54, 1.807) is 13.4 Å². The molecule has 0 amide bonds. The van der Waals surface area contributed by atoms with Crippen molar-refractivity contribution in [2.75, 3.05) is 12.4 Å². The van der Waals surface area contributed by atoms with E-state index in [0.717, 1.165) is 24.5 Å². The molecule has 1 aliphatic rings. The Bertz CT molecular complexity index is 839. The quantitative estimate of drug-likeness (QED) is 0.784. The van der Waals surface area contributed by atoms with Crippen LogP contribution in [0.5, 0.6) is 5.75 Å². The smallest absolute Gasteiger partial charge is 0.222 e. The number of nitrogens with zero attached hydrogens (tertiary/aromatic N) is 3. The predicted octanol–water partition coefficient (Wildman–Crippen LogP) is 4.00. The fourth-order valence-corrected chi connectivity index (χ4v) is 3.43. The van der Waals surface area contributed by atoms with Gasteiger partial charge in [0, 0.05) is 0 Å². The van der Waals surface area contributed by atoms with Crippen LogP contribution in [-0.4, -0.2) is 21.9 Å². The highest BCUT2D eigenvalue weighted by atomic mass is 16.5. The third-order valence-electron chi connectivity index (χ3n) is 4.92. The van der Waals surface area contributed by atoms with Crippen LogP contribution >= 0.6 is 0 Å². The van der Waals surface area contributed by atoms with Gasteiger partial charge in [0.05, 0.1) is 19.2 Å². The van der Waals surface area contributed by atoms with Crippen molar-refractivity contribution in [1.82, 2.24) is 14.8 Å². The molecule has 0 saturated heterocycles. The zero-order valence-corrected chi connectivity index (χ0v) is 14.5. The number of aromatic nitrogens is 3. The highest BCUT2D eigenvalue weighted by Gasteiger charge is 2.29. The molecule has 4 rings (SSSR count). The maximum atomic E-state index is 5.28. The minimum absolute atomic E-state index is 0.153. The SMILES string of the molecule is CCc1ccc([C@H]2C[C@@H](c3ccc(OC)cc3)n3ncnc3N2)cc1. The Balaban J connectivity index is 1.66. The molecule has 1 N–H and O–H groups in total. The summed E-state index contributed by atoms with van der Waals surface area (Å²) in [6.45, 7) is 2.18. The second kappa shape index (κ2) is 6.59. The molecule has 2 atom stereocenters. The standard InChI is InChI=1S/C20H22N4O/c1-3-14-4-6-15(7-5-14)18-12-19(24-20(23-18)21-13-22-24)16-8-10-17(25-2)11-9-16/h4-11,13,18-19H,3,12H2,1-2H3,(H,21,22,23)/t18-,19+/m1/s1. The van der Waals surface area contributed by atoms with Crippen molar-refractivity contribution in [3.05, 3.63) is 71.5 Å². The van der Waals surface area contributed by atoms with Crippen molar-refractivity contribution in [3.63, 3.8) is 0 Å². The van der Waals surface area contributed by atoms with E-state index in [-0.39, 0.29) is 12.1 Å². The molecule has 25 heavy (non-hydrogen) atoms. The molecule has 3 aromatic rings. The highest BCUT2D eigenvalue weighted by Crippen LogP contribution is 2.37. The van der Waals surface area contributed by atoms with Crippen LogP contribution in [-0.2, 0) is 6.42 Å². The number of benzene rings is 2. The van der Waals surface area contributed by atoms with Gasteiger partial charge < -0.3 is 10.1 Å². The van der Waals surface area contributed by atoms with Crippen LogP contribution in [0.4, 0.5) is 5.95 Å². The molecule has 1 aliphatic heterocycles. The summed E-state index contributed by atoms with van der Waals surface area (Å²) in [6.07, 6.45) is 3.59. The number of hydrogen-bond acceptors (Lipinski definition) is 4. The number of hydrogen-bond donors (Lipinski definition) is 1. The first-order valence-electron chi connectivity index (χ1n) is 8.67. The summed E-state index contributed by atoms with van der Waals surface area (Å²) in [6, 6.07) is 17.4. The number of fused-ring (bicyclic) bond motifs is 1. The average molecular weight is 334 g/mol. The fourth-order valence-electron chi connectivity index (χ4n) is 3.43. The van der Waals surface area contributed by atoms with Crippen molar-refractivity contribution in [3.8, 4) is 5.75 Å². The van der Waals surface area contributed by atoms with Gasteiger partial charge in [0.25, 0.3) is 0 Å². The van der Waals surface area contributed by atoms with Crippen LogP contribution in [0, 0.1) is 0 Å². The molecule has 0 aliphatic carbocycles. The van der Waals surface area contributed by atoms with Crippen LogP contribution in [0.2, 0.25) is 0 Å². The molecule has 1 aromatic heterocycles. The summed E-state index contributed by atoms with van der Waals surface area (Å²) in [5, 5.41) is 7.94. The minimum Gasteiger partial charge on any atom is -0.497 e. The van der Waals surface area contributed by atoms with E-state index in [0.29, 0.717) is 0 Å². The average Bonchev–Trinajstić information content (AvgIpc) is 3.16. The molecule has 0 spiro atoms. The number of aryl methyl sites for hydroxylation is 1. The predicted molar refractivity (Wildman–Crippen MR) is 98.0 cm³/mol. The van der Waals surface area contributed by atoms with Crippen LogP contribution < -0.4 is 10.1 Å². The van der Waals surface area contributed by atoms with Gasteiger partial charge in [-0.05, 0) is 41.7 Å². The summed E-state index contributed by atoms with van der Waals surface area (Å²) in [4.78, 5) is 4.39. The van der Waals surface area contributed by atoms with Gasteiger partial charge in [-0.15, -0.1) is 0 Å². The van der Waals surface area contributed by atoms with Crippen molar-refractivity contribution in [1.29, 1.82) is 0 Å². The Labute approximate surface area is 147 Å². The van der Waals surface area contributed by atoms with Gasteiger partial charge in [-0.2, -0.15) is 10.1 Å². The Kier molecular flexibility index (Phi) is 4.14. The van der Waals surface area contributed by atoms with E-state index in [2.05, 4.69) is 58.7 Å². The number of methoxy groups -OCH3 is 1. The first-order chi connectivity index (χ1) is 12.3. The third kappa shape index (κ3) is 2.97. The zero-order valence-electron chi connectivity index (χ0n) is 14.5. The maximum Gasteiger partial charge on any atom is 0.222 e. The van der Waals surface area contributed by atoms with Gasteiger partial charge in [-0.25, -0.2) is 4.68 Å². The number of nitrogens with one attached hydrogen (secondary N) is 1. The van der Waals surface area contributed by atoms with Gasteiger partial charge in [0.2, 0.25) is 5.95 Å². The lowest BCUT2D eigenvalue weighted by molar-refractivity contribution is 0.411. The molecule has 2 heterocycles. The van der Waals surface area contributed by atoms with Gasteiger partial charge in [-0.3, -0.25) is 0 Å². The molecule has 5 heteroatoms. The van der Waals surface area contributed by atoms with Crippen molar-refractivity contribution >= 4 is 5.95 Å². The van der Waals surface area contributed by atoms with Crippen LogP contribution in [0.25, 0.3) is 0 Å². The summed E-state index contributed by atoms with van der Waals surface area (Å²) >= 11 is 0. The van der Waals surface area contributed by atoms with Crippen LogP contribution in [0.3, 0.4) is 0 Å².